The van der Waals surface area contributed by atoms with Gasteiger partial charge < -0.3 is 33.5 Å². The topological polar surface area (TPSA) is 116 Å². The van der Waals surface area contributed by atoms with Gasteiger partial charge in [-0.2, -0.15) is 0 Å². The van der Waals surface area contributed by atoms with Crippen LogP contribution in [0.2, 0.25) is 0 Å². The Morgan fingerprint density at radius 3 is 2.57 bits per heavy atom. The summed E-state index contributed by atoms with van der Waals surface area (Å²) >= 11 is 0. The average Bonchev–Trinajstić information content (AvgIpc) is 3.91. The van der Waals surface area contributed by atoms with Gasteiger partial charge in [-0.1, -0.05) is 42.5 Å². The van der Waals surface area contributed by atoms with E-state index in [1.165, 1.54) is 11.9 Å². The molecule has 0 N–H and O–H groups in total. The molecule has 51 heavy (non-hydrogen) atoms. The first-order chi connectivity index (χ1) is 25.1. The number of benzene rings is 3. The number of methoxy groups -OCH3 is 2. The molecule has 13 heteroatoms. The molecular formula is C38H47N9O4. The molecule has 0 saturated carbocycles. The van der Waals surface area contributed by atoms with Crippen molar-refractivity contribution in [3.05, 3.63) is 90.3 Å². The fourth-order valence-corrected chi connectivity index (χ4v) is 7.57. The number of likely N-dealkylation sites (tertiary alicyclic amines) is 1. The molecule has 2 aliphatic heterocycles. The molecule has 2 aromatic heterocycles. The Hall–Kier alpha value is -4.85. The largest absolute Gasteiger partial charge is 0.496 e. The molecule has 2 saturated heterocycles. The minimum atomic E-state index is -0.152. The second-order valence-corrected chi connectivity index (χ2v) is 13.4. The molecule has 0 radical (unpaired) electrons. The van der Waals surface area contributed by atoms with Crippen LogP contribution in [0.4, 0.5) is 5.95 Å². The minimum absolute atomic E-state index is 0.0445. The van der Waals surface area contributed by atoms with Crippen LogP contribution in [0, 0.1) is 0 Å². The molecule has 1 amide bonds. The van der Waals surface area contributed by atoms with E-state index in [1.54, 1.807) is 25.0 Å². The maximum atomic E-state index is 14.1. The number of carbonyl (C=O) groups is 1. The SMILES string of the molecule is COCCOCCn1c(N2CCCN(CC[C@]3(c4ccccc4)CCN(C(=O)c4cc(-n5cnnn5)ccc4OC)C3)CC2)nc2ccccc21. The van der Waals surface area contributed by atoms with E-state index in [0.717, 1.165) is 75.5 Å². The lowest BCUT2D eigenvalue weighted by atomic mass is 9.76. The third-order valence-corrected chi connectivity index (χ3v) is 10.4. The van der Waals surface area contributed by atoms with Gasteiger partial charge in [-0.05, 0) is 78.7 Å². The van der Waals surface area contributed by atoms with E-state index in [1.807, 2.05) is 23.1 Å². The number of amides is 1. The van der Waals surface area contributed by atoms with Crippen LogP contribution in [0.25, 0.3) is 16.7 Å². The maximum Gasteiger partial charge on any atom is 0.257 e. The van der Waals surface area contributed by atoms with Crippen LogP contribution in [0.5, 0.6) is 5.75 Å². The smallest absolute Gasteiger partial charge is 0.257 e. The van der Waals surface area contributed by atoms with Gasteiger partial charge in [0, 0.05) is 51.8 Å². The highest BCUT2D eigenvalue weighted by Crippen LogP contribution is 2.39. The normalized spacial score (nSPS) is 18.4. The molecular weight excluding hydrogens is 646 g/mol. The third kappa shape index (κ3) is 7.60. The summed E-state index contributed by atoms with van der Waals surface area (Å²) in [5.74, 6) is 1.51. The predicted molar refractivity (Wildman–Crippen MR) is 195 cm³/mol. The van der Waals surface area contributed by atoms with Crippen LogP contribution in [-0.2, 0) is 21.4 Å². The fraction of sp³-hybridized carbons (Fsp3) is 0.447. The van der Waals surface area contributed by atoms with Crippen molar-refractivity contribution in [1.82, 2.24) is 39.6 Å². The van der Waals surface area contributed by atoms with E-state index in [-0.39, 0.29) is 11.3 Å². The number of rotatable bonds is 14. The number of ether oxygens (including phenoxy) is 3. The number of hydrogen-bond acceptors (Lipinski definition) is 10. The highest BCUT2D eigenvalue weighted by molar-refractivity contribution is 5.98. The summed E-state index contributed by atoms with van der Waals surface area (Å²) < 4.78 is 20.5. The molecule has 268 valence electrons. The zero-order chi connectivity index (χ0) is 35.0. The van der Waals surface area contributed by atoms with Crippen molar-refractivity contribution < 1.29 is 19.0 Å². The fourth-order valence-electron chi connectivity index (χ4n) is 7.57. The van der Waals surface area contributed by atoms with Crippen molar-refractivity contribution >= 4 is 22.9 Å². The molecule has 13 nitrogen and oxygen atoms in total. The van der Waals surface area contributed by atoms with E-state index in [4.69, 9.17) is 19.2 Å². The van der Waals surface area contributed by atoms with Crippen LogP contribution in [0.15, 0.2) is 79.1 Å². The Balaban J connectivity index is 1.04. The van der Waals surface area contributed by atoms with Crippen molar-refractivity contribution in [3.63, 3.8) is 0 Å². The molecule has 5 aromatic rings. The predicted octanol–water partition coefficient (Wildman–Crippen LogP) is 4.07. The number of fused-ring (bicyclic) bond motifs is 1. The maximum absolute atomic E-state index is 14.1. The Labute approximate surface area is 298 Å². The second kappa shape index (κ2) is 16.0. The third-order valence-electron chi connectivity index (χ3n) is 10.4. The van der Waals surface area contributed by atoms with E-state index < -0.39 is 0 Å². The lowest BCUT2D eigenvalue weighted by Crippen LogP contribution is -2.39. The number of carbonyl (C=O) groups excluding carboxylic acids is 1. The van der Waals surface area contributed by atoms with Gasteiger partial charge in [0.25, 0.3) is 5.91 Å². The first-order valence-corrected chi connectivity index (χ1v) is 17.8. The van der Waals surface area contributed by atoms with Gasteiger partial charge in [-0.25, -0.2) is 9.67 Å². The molecule has 0 aliphatic carbocycles. The van der Waals surface area contributed by atoms with E-state index in [2.05, 4.69) is 78.4 Å². The summed E-state index contributed by atoms with van der Waals surface area (Å²) in [7, 11) is 3.29. The second-order valence-electron chi connectivity index (χ2n) is 13.4. The van der Waals surface area contributed by atoms with E-state index in [0.29, 0.717) is 49.9 Å². The van der Waals surface area contributed by atoms with Crippen LogP contribution in [0.3, 0.4) is 0 Å². The van der Waals surface area contributed by atoms with Gasteiger partial charge >= 0.3 is 0 Å². The molecule has 2 aliphatic rings. The first kappa shape index (κ1) is 34.6. The van der Waals surface area contributed by atoms with E-state index >= 15 is 0 Å². The van der Waals surface area contributed by atoms with E-state index in [9.17, 15) is 4.79 Å². The summed E-state index contributed by atoms with van der Waals surface area (Å²) in [5.41, 5.74) is 4.49. The van der Waals surface area contributed by atoms with Crippen LogP contribution < -0.4 is 9.64 Å². The molecule has 0 bridgehead atoms. The quantitative estimate of drug-likeness (QED) is 0.158. The summed E-state index contributed by atoms with van der Waals surface area (Å²) in [6, 6.07) is 24.5. The number of hydrogen-bond donors (Lipinski definition) is 0. The van der Waals surface area contributed by atoms with Crippen molar-refractivity contribution in [1.29, 1.82) is 0 Å². The highest BCUT2D eigenvalue weighted by Gasteiger charge is 2.42. The Morgan fingerprint density at radius 2 is 1.75 bits per heavy atom. The highest BCUT2D eigenvalue weighted by atomic mass is 16.5. The van der Waals surface area contributed by atoms with Crippen LogP contribution in [0.1, 0.15) is 35.2 Å². The summed E-state index contributed by atoms with van der Waals surface area (Å²) in [6.45, 7) is 8.59. The molecule has 3 aromatic carbocycles. The number of nitrogens with zero attached hydrogens (tertiary/aromatic N) is 9. The number of anilines is 1. The van der Waals surface area contributed by atoms with Crippen molar-refractivity contribution in [2.24, 2.45) is 0 Å². The van der Waals surface area contributed by atoms with Gasteiger partial charge in [-0.3, -0.25) is 4.79 Å². The lowest BCUT2D eigenvalue weighted by molar-refractivity contribution is 0.0670. The molecule has 4 heterocycles. The Morgan fingerprint density at radius 1 is 0.882 bits per heavy atom. The van der Waals surface area contributed by atoms with Gasteiger partial charge in [-0.15, -0.1) is 5.10 Å². The average molecular weight is 694 g/mol. The standard InChI is InChI=1S/C38H47N9O4/c1-49-25-26-51-24-23-46-34-12-7-6-11-33(34)40-37(46)44-18-8-17-43(21-22-44)19-15-38(30-9-4-3-5-10-30)16-20-45(28-38)36(48)32-27-31(13-14-35(32)50-2)47-29-39-41-42-47/h3-7,9-14,27,29H,8,15-26,28H2,1-2H3/t38-/m0/s1. The number of para-hydroxylation sites is 2. The molecule has 7 rings (SSSR count). The molecule has 0 spiro atoms. The monoisotopic (exact) mass is 693 g/mol. The van der Waals surface area contributed by atoms with Crippen molar-refractivity contribution in [2.45, 2.75) is 31.2 Å². The Bertz CT molecular complexity index is 1880. The van der Waals surface area contributed by atoms with Crippen LogP contribution >= 0.6 is 0 Å². The van der Waals surface area contributed by atoms with Crippen molar-refractivity contribution in [2.75, 3.05) is 84.8 Å². The summed E-state index contributed by atoms with van der Waals surface area (Å²) in [4.78, 5) is 26.3. The molecule has 0 unspecified atom stereocenters. The zero-order valence-corrected chi connectivity index (χ0v) is 29.6. The number of aromatic nitrogens is 6. The lowest BCUT2D eigenvalue weighted by Gasteiger charge is -2.33. The number of tetrazole rings is 1. The summed E-state index contributed by atoms with van der Waals surface area (Å²) in [6.07, 6.45) is 4.42. The first-order valence-electron chi connectivity index (χ1n) is 17.8. The van der Waals surface area contributed by atoms with Gasteiger partial charge in [0.1, 0.15) is 12.1 Å². The minimum Gasteiger partial charge on any atom is -0.496 e. The molecule has 1 atom stereocenters. The van der Waals surface area contributed by atoms with Gasteiger partial charge in [0.05, 0.1) is 49.2 Å². The zero-order valence-electron chi connectivity index (χ0n) is 29.6. The number of imidazole rings is 1. The van der Waals surface area contributed by atoms with Gasteiger partial charge in [0.2, 0.25) is 5.95 Å². The van der Waals surface area contributed by atoms with Crippen LogP contribution in [-0.4, -0.2) is 125 Å². The molecule has 2 fully saturated rings. The van der Waals surface area contributed by atoms with Crippen molar-refractivity contribution in [3.8, 4) is 11.4 Å². The van der Waals surface area contributed by atoms with Gasteiger partial charge in [0.15, 0.2) is 0 Å². The summed E-state index contributed by atoms with van der Waals surface area (Å²) in [5, 5.41) is 11.5. The Kier molecular flexibility index (Phi) is 10.9.